The number of carbonyl (C=O) groups is 2. The Hall–Kier alpha value is -2.60. The summed E-state index contributed by atoms with van der Waals surface area (Å²) in [5.41, 5.74) is 2.17. The fraction of sp³-hybridized carbons (Fsp3) is 0.400. The largest absolute Gasteiger partial charge is 0.459 e. The number of hydrogen-bond acceptors (Lipinski definition) is 4. The van der Waals surface area contributed by atoms with Crippen LogP contribution in [0.4, 0.5) is 0 Å². The van der Waals surface area contributed by atoms with Gasteiger partial charge < -0.3 is 19.4 Å². The maximum Gasteiger partial charge on any atom is 0.290 e. The van der Waals surface area contributed by atoms with Crippen LogP contribution in [0.2, 0.25) is 0 Å². The van der Waals surface area contributed by atoms with Crippen LogP contribution in [0.15, 0.2) is 47.1 Å². The van der Waals surface area contributed by atoms with E-state index in [1.165, 1.54) is 6.26 Å². The molecule has 0 bridgehead atoms. The number of benzene rings is 1. The Morgan fingerprint density at radius 3 is 2.77 bits per heavy atom. The van der Waals surface area contributed by atoms with E-state index in [2.05, 4.69) is 5.32 Å². The fourth-order valence-corrected chi connectivity index (χ4v) is 3.16. The summed E-state index contributed by atoms with van der Waals surface area (Å²) >= 11 is 0. The number of hydrogen-bond donors (Lipinski definition) is 1. The van der Waals surface area contributed by atoms with Crippen molar-refractivity contribution in [2.45, 2.75) is 32.4 Å². The van der Waals surface area contributed by atoms with Crippen molar-refractivity contribution in [3.63, 3.8) is 0 Å². The number of amides is 2. The first-order chi connectivity index (χ1) is 12.7. The lowest BCUT2D eigenvalue weighted by atomic mass is 9.93. The van der Waals surface area contributed by atoms with Crippen LogP contribution in [0.5, 0.6) is 0 Å². The van der Waals surface area contributed by atoms with Gasteiger partial charge in [-0.25, -0.2) is 0 Å². The molecule has 0 spiro atoms. The molecule has 1 aromatic heterocycles. The van der Waals surface area contributed by atoms with E-state index in [0.717, 1.165) is 17.5 Å². The van der Waals surface area contributed by atoms with Gasteiger partial charge in [0.05, 0.1) is 6.26 Å². The Kier molecular flexibility index (Phi) is 6.07. The van der Waals surface area contributed by atoms with Crippen LogP contribution in [-0.4, -0.2) is 42.5 Å². The van der Waals surface area contributed by atoms with Crippen molar-refractivity contribution in [3.05, 3.63) is 59.5 Å². The Balaban J connectivity index is 1.73. The third kappa shape index (κ3) is 4.14. The molecule has 2 heterocycles. The van der Waals surface area contributed by atoms with Gasteiger partial charge >= 0.3 is 0 Å². The zero-order chi connectivity index (χ0) is 18.4. The van der Waals surface area contributed by atoms with Crippen LogP contribution in [0.3, 0.4) is 0 Å². The van der Waals surface area contributed by atoms with E-state index >= 15 is 0 Å². The van der Waals surface area contributed by atoms with Crippen molar-refractivity contribution < 1.29 is 18.7 Å². The lowest BCUT2D eigenvalue weighted by molar-refractivity contribution is -0.126. The van der Waals surface area contributed by atoms with Gasteiger partial charge in [0.1, 0.15) is 6.04 Å². The molecule has 1 atom stereocenters. The van der Waals surface area contributed by atoms with E-state index in [1.54, 1.807) is 17.0 Å². The number of nitrogens with zero attached hydrogens (tertiary/aromatic N) is 1. The average Bonchev–Trinajstić information content (AvgIpc) is 3.21. The van der Waals surface area contributed by atoms with Gasteiger partial charge in [-0.05, 0) is 36.6 Å². The lowest BCUT2D eigenvalue weighted by Gasteiger charge is -2.35. The van der Waals surface area contributed by atoms with Gasteiger partial charge in [0.2, 0.25) is 5.91 Å². The van der Waals surface area contributed by atoms with E-state index in [-0.39, 0.29) is 17.6 Å². The molecular weight excluding hydrogens is 332 g/mol. The number of rotatable bonds is 7. The molecule has 2 amide bonds. The summed E-state index contributed by atoms with van der Waals surface area (Å²) in [4.78, 5) is 27.2. The first-order valence-electron chi connectivity index (χ1n) is 8.97. The molecule has 1 aliphatic heterocycles. The van der Waals surface area contributed by atoms with Crippen LogP contribution >= 0.6 is 0 Å². The topological polar surface area (TPSA) is 71.8 Å². The van der Waals surface area contributed by atoms with Gasteiger partial charge in [-0.2, -0.15) is 0 Å². The predicted molar refractivity (Wildman–Crippen MR) is 96.6 cm³/mol. The van der Waals surface area contributed by atoms with Crippen LogP contribution in [0.25, 0.3) is 0 Å². The zero-order valence-corrected chi connectivity index (χ0v) is 14.9. The van der Waals surface area contributed by atoms with Crippen LogP contribution < -0.4 is 5.32 Å². The van der Waals surface area contributed by atoms with E-state index < -0.39 is 6.04 Å². The van der Waals surface area contributed by atoms with E-state index in [1.807, 2.05) is 31.2 Å². The van der Waals surface area contributed by atoms with Crippen LogP contribution in [-0.2, 0) is 22.5 Å². The fourth-order valence-electron chi connectivity index (χ4n) is 3.16. The number of furan rings is 1. The highest BCUT2D eigenvalue weighted by Crippen LogP contribution is 2.25. The van der Waals surface area contributed by atoms with Gasteiger partial charge in [-0.15, -0.1) is 0 Å². The number of fused-ring (bicyclic) bond motifs is 1. The maximum absolute atomic E-state index is 12.8. The summed E-state index contributed by atoms with van der Waals surface area (Å²) in [6, 6.07) is 10.7. The van der Waals surface area contributed by atoms with Crippen molar-refractivity contribution in [2.24, 2.45) is 0 Å². The molecular formula is C20H24N2O4. The molecule has 3 rings (SSSR count). The summed E-state index contributed by atoms with van der Waals surface area (Å²) in [6.07, 6.45) is 2.71. The van der Waals surface area contributed by atoms with E-state index in [9.17, 15) is 9.59 Å². The molecule has 1 N–H and O–H groups in total. The van der Waals surface area contributed by atoms with Gasteiger partial charge in [0.15, 0.2) is 5.76 Å². The molecule has 1 aromatic carbocycles. The standard InChI is InChI=1S/C20H24N2O4/c1-2-25-11-6-10-21-19(23)17-13-15-7-3-4-8-16(15)14-22(17)20(24)18-9-5-12-26-18/h3-5,7-9,12,17H,2,6,10-11,13-14H2,1H3,(H,21,23). The molecule has 138 valence electrons. The average molecular weight is 356 g/mol. The highest BCUT2D eigenvalue weighted by molar-refractivity contribution is 5.96. The minimum atomic E-state index is -0.547. The molecule has 0 saturated carbocycles. The summed E-state index contributed by atoms with van der Waals surface area (Å²) in [5, 5.41) is 2.93. The molecule has 0 saturated heterocycles. The second kappa shape index (κ2) is 8.67. The zero-order valence-electron chi connectivity index (χ0n) is 14.9. The second-order valence-electron chi connectivity index (χ2n) is 6.24. The van der Waals surface area contributed by atoms with Crippen molar-refractivity contribution in [1.82, 2.24) is 10.2 Å². The van der Waals surface area contributed by atoms with Gasteiger partial charge in [-0.1, -0.05) is 24.3 Å². The van der Waals surface area contributed by atoms with E-state index in [4.69, 9.17) is 9.15 Å². The summed E-state index contributed by atoms with van der Waals surface area (Å²) < 4.78 is 10.5. The molecule has 6 nitrogen and oxygen atoms in total. The molecule has 0 fully saturated rings. The van der Waals surface area contributed by atoms with Gasteiger partial charge in [-0.3, -0.25) is 9.59 Å². The minimum Gasteiger partial charge on any atom is -0.459 e. The number of carbonyl (C=O) groups excluding carboxylic acids is 2. The molecule has 26 heavy (non-hydrogen) atoms. The first-order valence-corrected chi connectivity index (χ1v) is 8.97. The lowest BCUT2D eigenvalue weighted by Crippen LogP contribution is -2.52. The predicted octanol–water partition coefficient (Wildman–Crippen LogP) is 2.39. The van der Waals surface area contributed by atoms with Crippen LogP contribution in [0, 0.1) is 0 Å². The Labute approximate surface area is 153 Å². The minimum absolute atomic E-state index is 0.143. The maximum atomic E-state index is 12.8. The number of nitrogens with one attached hydrogen (secondary N) is 1. The summed E-state index contributed by atoms with van der Waals surface area (Å²) in [5.74, 6) is -0.159. The van der Waals surface area contributed by atoms with Gasteiger partial charge in [0.25, 0.3) is 5.91 Å². The SMILES string of the molecule is CCOCCCNC(=O)C1Cc2ccccc2CN1C(=O)c1ccco1. The smallest absolute Gasteiger partial charge is 0.290 e. The Bertz CT molecular complexity index is 742. The first kappa shape index (κ1) is 18.2. The van der Waals surface area contributed by atoms with Crippen molar-refractivity contribution in [3.8, 4) is 0 Å². The molecule has 6 heteroatoms. The summed E-state index contributed by atoms with van der Waals surface area (Å²) in [7, 11) is 0. The molecule has 2 aromatic rings. The van der Waals surface area contributed by atoms with Crippen molar-refractivity contribution >= 4 is 11.8 Å². The molecule has 0 radical (unpaired) electrons. The summed E-state index contributed by atoms with van der Waals surface area (Å²) in [6.45, 7) is 4.14. The quantitative estimate of drug-likeness (QED) is 0.773. The third-order valence-corrected chi connectivity index (χ3v) is 4.51. The van der Waals surface area contributed by atoms with Crippen molar-refractivity contribution in [1.29, 1.82) is 0 Å². The normalized spacial score (nSPS) is 16.2. The molecule has 1 aliphatic rings. The monoisotopic (exact) mass is 356 g/mol. The third-order valence-electron chi connectivity index (χ3n) is 4.51. The second-order valence-corrected chi connectivity index (χ2v) is 6.24. The Morgan fingerprint density at radius 2 is 2.04 bits per heavy atom. The van der Waals surface area contributed by atoms with E-state index in [0.29, 0.717) is 32.7 Å². The van der Waals surface area contributed by atoms with Gasteiger partial charge in [0, 0.05) is 32.7 Å². The highest BCUT2D eigenvalue weighted by Gasteiger charge is 2.35. The number of ether oxygens (including phenoxy) is 1. The Morgan fingerprint density at radius 1 is 1.23 bits per heavy atom. The van der Waals surface area contributed by atoms with Crippen LogP contribution in [0.1, 0.15) is 35.0 Å². The molecule has 0 aliphatic carbocycles. The highest BCUT2D eigenvalue weighted by atomic mass is 16.5. The molecule has 1 unspecified atom stereocenters. The van der Waals surface area contributed by atoms with Crippen molar-refractivity contribution in [2.75, 3.05) is 19.8 Å².